The average molecular weight is 1500 g/mol. The monoisotopic (exact) mass is 1500 g/mol. The van der Waals surface area contributed by atoms with Crippen LogP contribution in [-0.4, -0.2) is 29.9 Å². The SMILES string of the molecule is c1ccc(-c2cc(-c3ccc4c(c3)CCc3cc5c(cc3-4)oc3ccccc35)cc(-c3ccccc3)n2)cc1.c1ccc(-c2cc(-c3ccccc3)nc(-c3ccc4c(c3)CCc3cc5c(cc3-4)oc3ccccc35)n2)cc1.c1ccc(-c2nc(-c3ccccc3)nc(-c3ccc4c(c3)CCc3cc5c(cc3-4)oc3ccccc35)n2)cc1. The number of hydrogen-bond donors (Lipinski definition) is 0. The van der Waals surface area contributed by atoms with E-state index in [2.05, 4.69) is 249 Å². The van der Waals surface area contributed by atoms with Gasteiger partial charge in [0.05, 0.1) is 22.8 Å². The van der Waals surface area contributed by atoms with Gasteiger partial charge >= 0.3 is 0 Å². The zero-order chi connectivity index (χ0) is 77.3. The number of rotatable bonds is 9. The van der Waals surface area contributed by atoms with Crippen molar-refractivity contribution in [3.05, 3.63) is 397 Å². The fourth-order valence-electron chi connectivity index (χ4n) is 17.5. The Morgan fingerprint density at radius 3 is 0.761 bits per heavy atom. The summed E-state index contributed by atoms with van der Waals surface area (Å²) in [5.41, 5.74) is 36.1. The van der Waals surface area contributed by atoms with Crippen LogP contribution >= 0.6 is 0 Å². The number of hydrogen-bond acceptors (Lipinski definition) is 9. The predicted octanol–water partition coefficient (Wildman–Crippen LogP) is 27.4. The highest BCUT2D eigenvalue weighted by Gasteiger charge is 2.26. The largest absolute Gasteiger partial charge is 0.456 e. The lowest BCUT2D eigenvalue weighted by Crippen LogP contribution is -2.05. The molecule has 552 valence electrons. The highest BCUT2D eigenvalue weighted by Crippen LogP contribution is 2.46. The van der Waals surface area contributed by atoms with Gasteiger partial charge in [-0.25, -0.2) is 29.9 Å². The second-order valence-corrected chi connectivity index (χ2v) is 30.5. The first-order valence-corrected chi connectivity index (χ1v) is 40.1. The van der Waals surface area contributed by atoms with Gasteiger partial charge in [-0.2, -0.15) is 0 Å². The molecule has 0 bridgehead atoms. The van der Waals surface area contributed by atoms with Gasteiger partial charge in [0.1, 0.15) is 33.5 Å². The summed E-state index contributed by atoms with van der Waals surface area (Å²) in [6.07, 6.45) is 6.01. The first-order chi connectivity index (χ1) is 57.9. The maximum atomic E-state index is 6.23. The van der Waals surface area contributed by atoms with Crippen molar-refractivity contribution in [2.45, 2.75) is 38.5 Å². The van der Waals surface area contributed by atoms with Gasteiger partial charge in [0.25, 0.3) is 0 Å². The molecule has 24 rings (SSSR count). The summed E-state index contributed by atoms with van der Waals surface area (Å²) in [5, 5.41) is 7.15. The Morgan fingerprint density at radius 2 is 0.419 bits per heavy atom. The molecular weight excluding hydrogens is 1430 g/mol. The summed E-state index contributed by atoms with van der Waals surface area (Å²) in [4.78, 5) is 29.8. The topological polar surface area (TPSA) is 117 Å². The minimum absolute atomic E-state index is 0.676. The molecule has 0 atom stereocenters. The van der Waals surface area contributed by atoms with Crippen molar-refractivity contribution in [1.29, 1.82) is 0 Å². The Balaban J connectivity index is 0.000000106. The molecule has 0 unspecified atom stereocenters. The molecule has 0 fully saturated rings. The van der Waals surface area contributed by atoms with Crippen LogP contribution in [-0.2, 0) is 38.5 Å². The van der Waals surface area contributed by atoms with Crippen molar-refractivity contribution in [2.75, 3.05) is 0 Å². The molecule has 0 saturated carbocycles. The number of aromatic nitrogens is 6. The first-order valence-electron chi connectivity index (χ1n) is 40.1. The van der Waals surface area contributed by atoms with Crippen LogP contribution in [0.25, 0.3) is 201 Å². The smallest absolute Gasteiger partial charge is 0.164 e. The molecule has 21 aromatic rings. The molecule has 0 radical (unpaired) electrons. The molecule has 0 N–H and O–H groups in total. The molecular formula is C108H72N6O3. The van der Waals surface area contributed by atoms with Gasteiger partial charge < -0.3 is 13.3 Å². The molecule has 3 aliphatic carbocycles. The van der Waals surface area contributed by atoms with Crippen molar-refractivity contribution in [1.82, 2.24) is 29.9 Å². The highest BCUT2D eigenvalue weighted by atomic mass is 16.3. The Morgan fingerprint density at radius 1 is 0.154 bits per heavy atom. The van der Waals surface area contributed by atoms with Crippen LogP contribution in [0, 0.1) is 0 Å². The van der Waals surface area contributed by atoms with E-state index in [0.29, 0.717) is 17.5 Å². The summed E-state index contributed by atoms with van der Waals surface area (Å²) in [6, 6.07) is 127. The third-order valence-electron chi connectivity index (χ3n) is 23.4. The lowest BCUT2D eigenvalue weighted by atomic mass is 9.83. The summed E-state index contributed by atoms with van der Waals surface area (Å²) in [5.74, 6) is 2.78. The van der Waals surface area contributed by atoms with Gasteiger partial charge in [-0.15, -0.1) is 0 Å². The number of para-hydroxylation sites is 3. The molecule has 15 aromatic carbocycles. The second kappa shape index (κ2) is 29.2. The predicted molar refractivity (Wildman–Crippen MR) is 475 cm³/mol. The summed E-state index contributed by atoms with van der Waals surface area (Å²) < 4.78 is 18.7. The van der Waals surface area contributed by atoms with Gasteiger partial charge in [-0.05, 0) is 201 Å². The molecule has 6 aromatic heterocycles. The van der Waals surface area contributed by atoms with E-state index >= 15 is 0 Å². The molecule has 6 heterocycles. The van der Waals surface area contributed by atoms with Gasteiger partial charge in [0.15, 0.2) is 23.3 Å². The average Bonchev–Trinajstić information content (AvgIpc) is 1.67. The number of furan rings is 3. The molecule has 9 nitrogen and oxygen atoms in total. The molecule has 0 aliphatic heterocycles. The molecule has 0 saturated heterocycles. The summed E-state index contributed by atoms with van der Waals surface area (Å²) in [6.45, 7) is 0. The van der Waals surface area contributed by atoms with Gasteiger partial charge in [-0.1, -0.05) is 279 Å². The minimum Gasteiger partial charge on any atom is -0.456 e. The number of fused-ring (bicyclic) bond motifs is 18. The van der Waals surface area contributed by atoms with Crippen molar-refractivity contribution in [3.8, 4) is 135 Å². The van der Waals surface area contributed by atoms with Crippen molar-refractivity contribution >= 4 is 65.8 Å². The summed E-state index contributed by atoms with van der Waals surface area (Å²) in [7, 11) is 0. The van der Waals surface area contributed by atoms with E-state index in [1.54, 1.807) is 0 Å². The second-order valence-electron chi connectivity index (χ2n) is 30.5. The third kappa shape index (κ3) is 13.0. The van der Waals surface area contributed by atoms with Crippen LogP contribution in [0.2, 0.25) is 0 Å². The van der Waals surface area contributed by atoms with Crippen LogP contribution < -0.4 is 0 Å². The van der Waals surface area contributed by atoms with Gasteiger partial charge in [0.2, 0.25) is 0 Å². The maximum absolute atomic E-state index is 6.23. The van der Waals surface area contributed by atoms with E-state index in [1.165, 1.54) is 110 Å². The highest BCUT2D eigenvalue weighted by molar-refractivity contribution is 6.09. The molecule has 0 spiro atoms. The molecule has 0 amide bonds. The van der Waals surface area contributed by atoms with Crippen LogP contribution in [0.4, 0.5) is 0 Å². The Bertz CT molecular complexity index is 6550. The van der Waals surface area contributed by atoms with Crippen LogP contribution in [0.5, 0.6) is 0 Å². The van der Waals surface area contributed by atoms with E-state index in [4.69, 9.17) is 43.2 Å². The van der Waals surface area contributed by atoms with Crippen LogP contribution in [0.15, 0.2) is 377 Å². The molecule has 9 heteroatoms. The zero-order valence-corrected chi connectivity index (χ0v) is 63.8. The fraction of sp³-hybridized carbons (Fsp3) is 0.0556. The van der Waals surface area contributed by atoms with Gasteiger partial charge in [0, 0.05) is 76.8 Å². The number of benzene rings is 15. The molecule has 117 heavy (non-hydrogen) atoms. The van der Waals surface area contributed by atoms with Gasteiger partial charge in [-0.3, -0.25) is 0 Å². The molecule has 3 aliphatic rings. The maximum Gasteiger partial charge on any atom is 0.164 e. The number of nitrogens with zero attached hydrogens (tertiary/aromatic N) is 6. The number of aryl methyl sites for hydroxylation is 6. The Hall–Kier alpha value is -15.1. The summed E-state index contributed by atoms with van der Waals surface area (Å²) >= 11 is 0. The normalized spacial score (nSPS) is 12.4. The van der Waals surface area contributed by atoms with Crippen LogP contribution in [0.1, 0.15) is 33.4 Å². The first kappa shape index (κ1) is 68.7. The Kier molecular flexibility index (Phi) is 17.1. The fourth-order valence-corrected chi connectivity index (χ4v) is 17.5. The third-order valence-corrected chi connectivity index (χ3v) is 23.4. The van der Waals surface area contributed by atoms with E-state index in [0.717, 1.165) is 145 Å². The quantitative estimate of drug-likeness (QED) is 0.139. The van der Waals surface area contributed by atoms with Crippen molar-refractivity contribution in [3.63, 3.8) is 0 Å². The van der Waals surface area contributed by atoms with Crippen molar-refractivity contribution < 1.29 is 13.3 Å². The van der Waals surface area contributed by atoms with Crippen LogP contribution in [0.3, 0.4) is 0 Å². The lowest BCUT2D eigenvalue weighted by Gasteiger charge is -2.21. The number of pyridine rings is 1. The van der Waals surface area contributed by atoms with E-state index in [1.807, 2.05) is 115 Å². The Labute approximate surface area is 675 Å². The standard InChI is InChI=1S/C37H25NO.C36H24N2O.C35H23N3O/c1-3-9-24(10-4-1)34-21-29(22-35(38-34)25-11-5-2-6-12-25)26-17-18-30-27(19-26)15-16-28-20-33-31-13-7-8-14-36(31)39-37(33)23-32(28)30;1-3-9-23(10-4-1)32-22-33(24-11-5-2-6-12-24)38-36(37-32)27-17-18-28-25(19-27)15-16-26-20-31-29-13-7-8-14-34(29)39-35(31)21-30(26)28;1-3-9-22(10-4-1)33-36-34(23-11-5-2-6-12-23)38-35(37-33)26-17-18-27-24(19-26)15-16-25-20-30-28-13-7-8-14-31(28)39-32(30)21-29(25)27/h1-14,17-23H,15-16H2;1-14,17-22H,15-16H2;1-14,17-21H,15-16H2. The zero-order valence-electron chi connectivity index (χ0n) is 63.8. The van der Waals surface area contributed by atoms with E-state index < -0.39 is 0 Å². The van der Waals surface area contributed by atoms with Crippen molar-refractivity contribution in [2.24, 2.45) is 0 Å². The minimum atomic E-state index is 0.676. The van der Waals surface area contributed by atoms with E-state index in [-0.39, 0.29) is 0 Å². The van der Waals surface area contributed by atoms with E-state index in [9.17, 15) is 0 Å². The lowest BCUT2D eigenvalue weighted by molar-refractivity contribution is 0.668.